The highest BCUT2D eigenvalue weighted by molar-refractivity contribution is 9.10. The van der Waals surface area contributed by atoms with Crippen molar-refractivity contribution in [1.29, 1.82) is 0 Å². The number of thioether (sulfide) groups is 1. The van der Waals surface area contributed by atoms with Gasteiger partial charge in [0.25, 0.3) is 5.91 Å². The van der Waals surface area contributed by atoms with Crippen LogP contribution in [0.15, 0.2) is 22.7 Å². The van der Waals surface area contributed by atoms with Gasteiger partial charge in [0, 0.05) is 16.1 Å². The fourth-order valence-corrected chi connectivity index (χ4v) is 3.69. The molecule has 1 aromatic carbocycles. The summed E-state index contributed by atoms with van der Waals surface area (Å²) < 4.78 is 0.960. The summed E-state index contributed by atoms with van der Waals surface area (Å²) >= 11 is 5.39. The summed E-state index contributed by atoms with van der Waals surface area (Å²) in [5, 5.41) is 3.12. The van der Waals surface area contributed by atoms with Crippen molar-refractivity contribution in [3.05, 3.63) is 33.8 Å². The third-order valence-corrected chi connectivity index (χ3v) is 4.37. The van der Waals surface area contributed by atoms with E-state index in [9.17, 15) is 4.79 Å². The van der Waals surface area contributed by atoms with Crippen molar-refractivity contribution in [1.82, 2.24) is 5.32 Å². The lowest BCUT2D eigenvalue weighted by Gasteiger charge is -2.22. The molecular formula is C13H16BrNOS. The van der Waals surface area contributed by atoms with Gasteiger partial charge in [0.2, 0.25) is 0 Å². The van der Waals surface area contributed by atoms with Crippen LogP contribution in [-0.4, -0.2) is 23.5 Å². The molecule has 17 heavy (non-hydrogen) atoms. The molecule has 2 nitrogen and oxygen atoms in total. The summed E-state index contributed by atoms with van der Waals surface area (Å²) in [6.07, 6.45) is 2.17. The Hall–Kier alpha value is -0.480. The molecule has 2 rings (SSSR count). The van der Waals surface area contributed by atoms with Gasteiger partial charge >= 0.3 is 0 Å². The van der Waals surface area contributed by atoms with E-state index in [-0.39, 0.29) is 5.91 Å². The second kappa shape index (κ2) is 5.91. The third-order valence-electron chi connectivity index (χ3n) is 2.86. The van der Waals surface area contributed by atoms with Gasteiger partial charge in [-0.1, -0.05) is 15.9 Å². The zero-order valence-corrected chi connectivity index (χ0v) is 12.2. The Balaban J connectivity index is 2.03. The summed E-state index contributed by atoms with van der Waals surface area (Å²) in [5.41, 5.74) is 1.85. The van der Waals surface area contributed by atoms with E-state index in [1.54, 1.807) is 0 Å². The van der Waals surface area contributed by atoms with Crippen LogP contribution in [0.25, 0.3) is 0 Å². The molecule has 1 amide bonds. The van der Waals surface area contributed by atoms with Gasteiger partial charge in [-0.2, -0.15) is 11.8 Å². The van der Waals surface area contributed by atoms with E-state index < -0.39 is 0 Å². The lowest BCUT2D eigenvalue weighted by atomic mass is 10.1. The normalized spacial score (nSPS) is 16.8. The van der Waals surface area contributed by atoms with Crippen LogP contribution >= 0.6 is 27.7 Å². The van der Waals surface area contributed by atoms with Gasteiger partial charge in [-0.05, 0) is 55.0 Å². The SMILES string of the molecule is Cc1cc(Br)cc(C(=O)NC2CCSCC2)c1. The van der Waals surface area contributed by atoms with Crippen LogP contribution in [0.5, 0.6) is 0 Å². The molecule has 0 saturated carbocycles. The maximum Gasteiger partial charge on any atom is 0.251 e. The average Bonchev–Trinajstić information content (AvgIpc) is 2.29. The fourth-order valence-electron chi connectivity index (χ4n) is 1.98. The van der Waals surface area contributed by atoms with E-state index in [2.05, 4.69) is 21.2 Å². The largest absolute Gasteiger partial charge is 0.349 e. The number of rotatable bonds is 2. The van der Waals surface area contributed by atoms with Crippen molar-refractivity contribution in [2.75, 3.05) is 11.5 Å². The van der Waals surface area contributed by atoms with E-state index in [0.717, 1.165) is 39.9 Å². The second-order valence-corrected chi connectivity index (χ2v) is 6.52. The first-order valence-corrected chi connectivity index (χ1v) is 7.76. The number of benzene rings is 1. The molecule has 1 aliphatic rings. The molecular weight excluding hydrogens is 298 g/mol. The van der Waals surface area contributed by atoms with E-state index in [1.807, 2.05) is 36.9 Å². The van der Waals surface area contributed by atoms with Crippen LogP contribution in [0.3, 0.4) is 0 Å². The average molecular weight is 314 g/mol. The fraction of sp³-hybridized carbons (Fsp3) is 0.462. The molecule has 0 radical (unpaired) electrons. The Kier molecular flexibility index (Phi) is 4.51. The predicted molar refractivity (Wildman–Crippen MR) is 76.7 cm³/mol. The number of carbonyl (C=O) groups excluding carboxylic acids is 1. The molecule has 92 valence electrons. The summed E-state index contributed by atoms with van der Waals surface area (Å²) in [7, 11) is 0. The molecule has 1 saturated heterocycles. The smallest absolute Gasteiger partial charge is 0.251 e. The molecule has 1 heterocycles. The van der Waals surface area contributed by atoms with E-state index in [1.165, 1.54) is 0 Å². The molecule has 0 bridgehead atoms. The number of hydrogen-bond donors (Lipinski definition) is 1. The highest BCUT2D eigenvalue weighted by Crippen LogP contribution is 2.19. The summed E-state index contributed by atoms with van der Waals surface area (Å²) in [5.74, 6) is 2.36. The van der Waals surface area contributed by atoms with Crippen LogP contribution in [0.2, 0.25) is 0 Å². The maximum absolute atomic E-state index is 12.1. The van der Waals surface area contributed by atoms with Crippen LogP contribution in [0.4, 0.5) is 0 Å². The van der Waals surface area contributed by atoms with Crippen molar-refractivity contribution in [3.8, 4) is 0 Å². The first-order valence-electron chi connectivity index (χ1n) is 5.81. The monoisotopic (exact) mass is 313 g/mol. The summed E-state index contributed by atoms with van der Waals surface area (Å²) in [4.78, 5) is 12.1. The van der Waals surface area contributed by atoms with Gasteiger partial charge in [0.05, 0.1) is 0 Å². The molecule has 1 aromatic rings. The van der Waals surface area contributed by atoms with Crippen molar-refractivity contribution in [3.63, 3.8) is 0 Å². The number of halogens is 1. The van der Waals surface area contributed by atoms with Gasteiger partial charge in [-0.15, -0.1) is 0 Å². The summed E-state index contributed by atoms with van der Waals surface area (Å²) in [6, 6.07) is 6.16. The van der Waals surface area contributed by atoms with Crippen molar-refractivity contribution >= 4 is 33.6 Å². The van der Waals surface area contributed by atoms with Gasteiger partial charge in [0.15, 0.2) is 0 Å². The molecule has 1 aliphatic heterocycles. The molecule has 0 unspecified atom stereocenters. The second-order valence-electron chi connectivity index (χ2n) is 4.38. The van der Waals surface area contributed by atoms with Crippen molar-refractivity contribution < 1.29 is 4.79 Å². The molecule has 1 N–H and O–H groups in total. The number of aryl methyl sites for hydroxylation is 1. The molecule has 0 atom stereocenters. The topological polar surface area (TPSA) is 29.1 Å². The summed E-state index contributed by atoms with van der Waals surface area (Å²) in [6.45, 7) is 2.00. The third kappa shape index (κ3) is 3.75. The van der Waals surface area contributed by atoms with Gasteiger partial charge in [-0.25, -0.2) is 0 Å². The number of amides is 1. The minimum atomic E-state index is 0.0475. The van der Waals surface area contributed by atoms with Crippen molar-refractivity contribution in [2.45, 2.75) is 25.8 Å². The number of hydrogen-bond acceptors (Lipinski definition) is 2. The van der Waals surface area contributed by atoms with Crippen LogP contribution < -0.4 is 5.32 Å². The Morgan fingerprint density at radius 2 is 2.06 bits per heavy atom. The highest BCUT2D eigenvalue weighted by atomic mass is 79.9. The van der Waals surface area contributed by atoms with Crippen LogP contribution in [-0.2, 0) is 0 Å². The minimum absolute atomic E-state index is 0.0475. The predicted octanol–water partition coefficient (Wildman–Crippen LogP) is 3.38. The first kappa shape index (κ1) is 13.0. The number of nitrogens with one attached hydrogen (secondary N) is 1. The Morgan fingerprint density at radius 3 is 2.71 bits per heavy atom. The molecule has 1 fully saturated rings. The lowest BCUT2D eigenvalue weighted by Crippen LogP contribution is -2.37. The van der Waals surface area contributed by atoms with E-state index in [4.69, 9.17) is 0 Å². The van der Waals surface area contributed by atoms with Crippen LogP contribution in [0, 0.1) is 6.92 Å². The van der Waals surface area contributed by atoms with E-state index in [0.29, 0.717) is 6.04 Å². The Labute approximate surface area is 115 Å². The Bertz CT molecular complexity index is 396. The maximum atomic E-state index is 12.1. The van der Waals surface area contributed by atoms with Gasteiger partial charge in [-0.3, -0.25) is 4.79 Å². The van der Waals surface area contributed by atoms with E-state index >= 15 is 0 Å². The zero-order chi connectivity index (χ0) is 12.3. The minimum Gasteiger partial charge on any atom is -0.349 e. The van der Waals surface area contributed by atoms with Gasteiger partial charge < -0.3 is 5.32 Å². The lowest BCUT2D eigenvalue weighted by molar-refractivity contribution is 0.0934. The quantitative estimate of drug-likeness (QED) is 0.907. The van der Waals surface area contributed by atoms with Crippen LogP contribution in [0.1, 0.15) is 28.8 Å². The first-order chi connectivity index (χ1) is 8.15. The molecule has 4 heteroatoms. The zero-order valence-electron chi connectivity index (χ0n) is 9.83. The number of carbonyl (C=O) groups is 1. The van der Waals surface area contributed by atoms with Crippen molar-refractivity contribution in [2.24, 2.45) is 0 Å². The van der Waals surface area contributed by atoms with Gasteiger partial charge in [0.1, 0.15) is 0 Å². The standard InChI is InChI=1S/C13H16BrNOS/c1-9-6-10(8-11(14)7-9)13(16)15-12-2-4-17-5-3-12/h6-8,12H,2-5H2,1H3,(H,15,16). The molecule has 0 spiro atoms. The molecule has 0 aliphatic carbocycles. The molecule has 0 aromatic heterocycles. The highest BCUT2D eigenvalue weighted by Gasteiger charge is 2.17. The Morgan fingerprint density at radius 1 is 1.35 bits per heavy atom.